The van der Waals surface area contributed by atoms with Crippen molar-refractivity contribution in [1.29, 1.82) is 0 Å². The average molecular weight is 464 g/mol. The van der Waals surface area contributed by atoms with Crippen molar-refractivity contribution in [3.05, 3.63) is 101 Å². The molecule has 0 aliphatic rings. The molecule has 0 saturated carbocycles. The SMILES string of the molecule is CC(CC(=O)Nc1ccccc1Br)=NNC(=O)C(c1ccccc1)c1ccccc1. The Kier molecular flexibility index (Phi) is 7.51. The standard InChI is InChI=1S/C24H22BrN3O2/c1-17(16-22(29)26-21-15-9-8-14-20(21)25)27-28-24(30)23(18-10-4-2-5-11-18)19-12-6-3-7-13-19/h2-15,23H,16H2,1H3,(H,26,29)(H,28,30). The Hall–Kier alpha value is -3.25. The second-order valence-corrected chi connectivity index (χ2v) is 7.64. The van der Waals surface area contributed by atoms with E-state index in [4.69, 9.17) is 0 Å². The zero-order valence-corrected chi connectivity index (χ0v) is 18.1. The van der Waals surface area contributed by atoms with Gasteiger partial charge in [-0.05, 0) is 46.1 Å². The van der Waals surface area contributed by atoms with E-state index < -0.39 is 5.92 Å². The van der Waals surface area contributed by atoms with Gasteiger partial charge in [0, 0.05) is 10.2 Å². The number of nitrogens with zero attached hydrogens (tertiary/aromatic N) is 1. The van der Waals surface area contributed by atoms with E-state index in [0.717, 1.165) is 15.6 Å². The summed E-state index contributed by atoms with van der Waals surface area (Å²) in [4.78, 5) is 25.2. The van der Waals surface area contributed by atoms with Crippen LogP contribution in [0.4, 0.5) is 5.69 Å². The first kappa shape index (κ1) is 21.5. The van der Waals surface area contributed by atoms with E-state index in [0.29, 0.717) is 11.4 Å². The van der Waals surface area contributed by atoms with E-state index in [1.807, 2.05) is 78.9 Å². The van der Waals surface area contributed by atoms with Crippen molar-refractivity contribution in [3.8, 4) is 0 Å². The third kappa shape index (κ3) is 5.87. The number of rotatable bonds is 7. The molecular weight excluding hydrogens is 442 g/mol. The van der Waals surface area contributed by atoms with E-state index in [1.54, 1.807) is 13.0 Å². The van der Waals surface area contributed by atoms with Crippen LogP contribution in [-0.4, -0.2) is 17.5 Å². The summed E-state index contributed by atoms with van der Waals surface area (Å²) < 4.78 is 0.801. The van der Waals surface area contributed by atoms with Gasteiger partial charge < -0.3 is 5.32 Å². The van der Waals surface area contributed by atoms with Crippen LogP contribution in [0, 0.1) is 0 Å². The summed E-state index contributed by atoms with van der Waals surface area (Å²) in [5.41, 5.74) is 5.57. The van der Waals surface area contributed by atoms with Crippen molar-refractivity contribution < 1.29 is 9.59 Å². The first-order valence-electron chi connectivity index (χ1n) is 9.52. The Morgan fingerprint density at radius 1 is 0.867 bits per heavy atom. The zero-order valence-electron chi connectivity index (χ0n) is 16.5. The van der Waals surface area contributed by atoms with Crippen LogP contribution in [0.15, 0.2) is 94.5 Å². The molecule has 30 heavy (non-hydrogen) atoms. The molecule has 2 N–H and O–H groups in total. The number of hydrogen-bond acceptors (Lipinski definition) is 3. The van der Waals surface area contributed by atoms with E-state index in [2.05, 4.69) is 31.8 Å². The Morgan fingerprint density at radius 2 is 1.40 bits per heavy atom. The second kappa shape index (κ2) is 10.5. The lowest BCUT2D eigenvalue weighted by Crippen LogP contribution is -2.27. The molecule has 3 rings (SSSR count). The third-order valence-corrected chi connectivity index (χ3v) is 5.14. The maximum atomic E-state index is 12.9. The molecule has 5 nitrogen and oxygen atoms in total. The van der Waals surface area contributed by atoms with Gasteiger partial charge in [-0.25, -0.2) is 5.43 Å². The van der Waals surface area contributed by atoms with Crippen molar-refractivity contribution in [2.24, 2.45) is 5.10 Å². The fourth-order valence-electron chi connectivity index (χ4n) is 3.03. The average Bonchev–Trinajstić information content (AvgIpc) is 2.75. The van der Waals surface area contributed by atoms with Crippen LogP contribution in [-0.2, 0) is 9.59 Å². The van der Waals surface area contributed by atoms with E-state index in [1.165, 1.54) is 0 Å². The molecule has 0 heterocycles. The Balaban J connectivity index is 1.67. The third-order valence-electron chi connectivity index (χ3n) is 4.45. The highest BCUT2D eigenvalue weighted by atomic mass is 79.9. The molecule has 0 saturated heterocycles. The molecule has 3 aromatic carbocycles. The van der Waals surface area contributed by atoms with Crippen LogP contribution in [0.3, 0.4) is 0 Å². The van der Waals surface area contributed by atoms with Gasteiger partial charge in [-0.3, -0.25) is 9.59 Å². The molecule has 0 unspecified atom stereocenters. The zero-order chi connectivity index (χ0) is 21.3. The number of para-hydroxylation sites is 1. The van der Waals surface area contributed by atoms with E-state index in [-0.39, 0.29) is 18.2 Å². The van der Waals surface area contributed by atoms with Crippen molar-refractivity contribution in [2.75, 3.05) is 5.32 Å². The molecule has 6 heteroatoms. The predicted octanol–water partition coefficient (Wildman–Crippen LogP) is 5.10. The Bertz CT molecular complexity index is 997. The fourth-order valence-corrected chi connectivity index (χ4v) is 3.41. The minimum Gasteiger partial charge on any atom is -0.325 e. The molecule has 0 aliphatic carbocycles. The first-order valence-corrected chi connectivity index (χ1v) is 10.3. The van der Waals surface area contributed by atoms with Gasteiger partial charge in [0.25, 0.3) is 5.91 Å². The van der Waals surface area contributed by atoms with Crippen LogP contribution in [0.25, 0.3) is 0 Å². The molecule has 3 aromatic rings. The van der Waals surface area contributed by atoms with Crippen molar-refractivity contribution in [3.63, 3.8) is 0 Å². The maximum absolute atomic E-state index is 12.9. The number of halogens is 1. The number of carbonyl (C=O) groups is 2. The van der Waals surface area contributed by atoms with Gasteiger partial charge in [0.15, 0.2) is 0 Å². The van der Waals surface area contributed by atoms with Crippen LogP contribution >= 0.6 is 15.9 Å². The highest BCUT2D eigenvalue weighted by Crippen LogP contribution is 2.25. The smallest absolute Gasteiger partial charge is 0.252 e. The Morgan fingerprint density at radius 3 is 1.97 bits per heavy atom. The lowest BCUT2D eigenvalue weighted by atomic mass is 9.91. The maximum Gasteiger partial charge on any atom is 0.252 e. The number of amides is 2. The van der Waals surface area contributed by atoms with E-state index in [9.17, 15) is 9.59 Å². The number of anilines is 1. The molecule has 0 radical (unpaired) electrons. The summed E-state index contributed by atoms with van der Waals surface area (Å²) in [7, 11) is 0. The molecule has 0 spiro atoms. The summed E-state index contributed by atoms with van der Waals surface area (Å²) >= 11 is 3.40. The first-order chi connectivity index (χ1) is 14.5. The van der Waals surface area contributed by atoms with Crippen LogP contribution in [0.1, 0.15) is 30.4 Å². The molecule has 0 atom stereocenters. The van der Waals surface area contributed by atoms with E-state index >= 15 is 0 Å². The number of hydrazone groups is 1. The predicted molar refractivity (Wildman–Crippen MR) is 123 cm³/mol. The Labute approximate surface area is 184 Å². The molecular formula is C24H22BrN3O2. The number of nitrogens with one attached hydrogen (secondary N) is 2. The highest BCUT2D eigenvalue weighted by molar-refractivity contribution is 9.10. The summed E-state index contributed by atoms with van der Waals surface area (Å²) in [6.07, 6.45) is 0.0724. The van der Waals surface area contributed by atoms with Gasteiger partial charge in [-0.15, -0.1) is 0 Å². The minimum atomic E-state index is -0.488. The van der Waals surface area contributed by atoms with Crippen LogP contribution < -0.4 is 10.7 Å². The number of hydrogen-bond donors (Lipinski definition) is 2. The topological polar surface area (TPSA) is 70.6 Å². The van der Waals surface area contributed by atoms with Crippen molar-refractivity contribution >= 4 is 39.1 Å². The molecule has 0 fully saturated rings. The molecule has 2 amide bonds. The summed E-state index contributed by atoms with van der Waals surface area (Å²) in [5.74, 6) is -0.948. The lowest BCUT2D eigenvalue weighted by Gasteiger charge is -2.16. The summed E-state index contributed by atoms with van der Waals surface area (Å²) in [6, 6.07) is 26.5. The van der Waals surface area contributed by atoms with Gasteiger partial charge >= 0.3 is 0 Å². The monoisotopic (exact) mass is 463 g/mol. The minimum absolute atomic E-state index is 0.0724. The number of carbonyl (C=O) groups excluding carboxylic acids is 2. The molecule has 0 aliphatic heterocycles. The lowest BCUT2D eigenvalue weighted by molar-refractivity contribution is -0.121. The van der Waals surface area contributed by atoms with Gasteiger partial charge in [-0.1, -0.05) is 72.8 Å². The second-order valence-electron chi connectivity index (χ2n) is 6.78. The summed E-state index contributed by atoms with van der Waals surface area (Å²) in [5, 5.41) is 6.97. The van der Waals surface area contributed by atoms with Gasteiger partial charge in [-0.2, -0.15) is 5.10 Å². The highest BCUT2D eigenvalue weighted by Gasteiger charge is 2.22. The van der Waals surface area contributed by atoms with Crippen LogP contribution in [0.2, 0.25) is 0 Å². The van der Waals surface area contributed by atoms with Crippen molar-refractivity contribution in [1.82, 2.24) is 5.43 Å². The molecule has 152 valence electrons. The largest absolute Gasteiger partial charge is 0.325 e. The fraction of sp³-hybridized carbons (Fsp3) is 0.125. The molecule has 0 aromatic heterocycles. The quantitative estimate of drug-likeness (QED) is 0.377. The van der Waals surface area contributed by atoms with Gasteiger partial charge in [0.1, 0.15) is 0 Å². The van der Waals surface area contributed by atoms with Gasteiger partial charge in [0.05, 0.1) is 18.0 Å². The van der Waals surface area contributed by atoms with Crippen molar-refractivity contribution in [2.45, 2.75) is 19.3 Å². The van der Waals surface area contributed by atoms with Gasteiger partial charge in [0.2, 0.25) is 5.91 Å². The van der Waals surface area contributed by atoms with Crippen LogP contribution in [0.5, 0.6) is 0 Å². The molecule has 0 bridgehead atoms. The normalized spacial score (nSPS) is 11.2. The number of benzene rings is 3. The summed E-state index contributed by atoms with van der Waals surface area (Å²) in [6.45, 7) is 1.71.